The quantitative estimate of drug-likeness (QED) is 0.844. The van der Waals surface area contributed by atoms with E-state index in [1.54, 1.807) is 0 Å². The highest BCUT2D eigenvalue weighted by atomic mass is 16.2. The molecule has 2 fully saturated rings. The van der Waals surface area contributed by atoms with Crippen LogP contribution >= 0.6 is 0 Å². The maximum atomic E-state index is 12.4. The van der Waals surface area contributed by atoms with Crippen molar-refractivity contribution in [3.63, 3.8) is 0 Å². The predicted octanol–water partition coefficient (Wildman–Crippen LogP) is 3.00. The van der Waals surface area contributed by atoms with E-state index in [4.69, 9.17) is 0 Å². The van der Waals surface area contributed by atoms with E-state index in [9.17, 15) is 9.59 Å². The molecule has 4 nitrogen and oxygen atoms in total. The third-order valence-corrected chi connectivity index (χ3v) is 5.32. The topological polar surface area (TPSA) is 40.6 Å². The first-order valence-corrected chi connectivity index (χ1v) is 9.50. The first kappa shape index (κ1) is 18.0. The van der Waals surface area contributed by atoms with Crippen LogP contribution in [0.2, 0.25) is 0 Å². The minimum absolute atomic E-state index is 0.159. The van der Waals surface area contributed by atoms with Crippen molar-refractivity contribution in [3.05, 3.63) is 35.4 Å². The van der Waals surface area contributed by atoms with Gasteiger partial charge in [-0.1, -0.05) is 45.0 Å². The van der Waals surface area contributed by atoms with Crippen molar-refractivity contribution < 1.29 is 9.59 Å². The number of carbonyl (C=O) groups is 2. The Labute approximate surface area is 151 Å². The minimum atomic E-state index is 0.159. The summed E-state index contributed by atoms with van der Waals surface area (Å²) < 4.78 is 0. The summed E-state index contributed by atoms with van der Waals surface area (Å²) in [6.45, 7) is 9.38. The zero-order valence-electron chi connectivity index (χ0n) is 15.8. The Morgan fingerprint density at radius 3 is 2.04 bits per heavy atom. The van der Waals surface area contributed by atoms with Gasteiger partial charge in [-0.05, 0) is 35.8 Å². The number of aryl methyl sites for hydroxylation is 1. The Morgan fingerprint density at radius 1 is 0.960 bits per heavy atom. The molecule has 0 spiro atoms. The molecule has 1 aromatic carbocycles. The number of hydrogen-bond donors (Lipinski definition) is 0. The number of nitrogens with zero attached hydrogens (tertiary/aromatic N) is 2. The van der Waals surface area contributed by atoms with Gasteiger partial charge in [-0.3, -0.25) is 9.59 Å². The largest absolute Gasteiger partial charge is 0.339 e. The summed E-state index contributed by atoms with van der Waals surface area (Å²) in [4.78, 5) is 28.4. The van der Waals surface area contributed by atoms with Crippen LogP contribution in [-0.2, 0) is 21.4 Å². The first-order chi connectivity index (χ1) is 11.8. The van der Waals surface area contributed by atoms with Gasteiger partial charge in [0.15, 0.2) is 0 Å². The average Bonchev–Trinajstić information content (AvgIpc) is 3.44. The van der Waals surface area contributed by atoms with Gasteiger partial charge in [0.05, 0.1) is 0 Å². The van der Waals surface area contributed by atoms with Gasteiger partial charge in [-0.2, -0.15) is 0 Å². The van der Waals surface area contributed by atoms with Crippen molar-refractivity contribution in [1.82, 2.24) is 9.80 Å². The van der Waals surface area contributed by atoms with Gasteiger partial charge in [-0.15, -0.1) is 0 Å². The van der Waals surface area contributed by atoms with Gasteiger partial charge in [0.1, 0.15) is 0 Å². The van der Waals surface area contributed by atoms with E-state index in [0.29, 0.717) is 38.5 Å². The zero-order chi connectivity index (χ0) is 18.0. The molecule has 25 heavy (non-hydrogen) atoms. The first-order valence-electron chi connectivity index (χ1n) is 9.50. The van der Waals surface area contributed by atoms with E-state index in [2.05, 4.69) is 45.0 Å². The van der Waals surface area contributed by atoms with Gasteiger partial charge < -0.3 is 9.80 Å². The Kier molecular flexibility index (Phi) is 5.16. The molecule has 1 aliphatic heterocycles. The monoisotopic (exact) mass is 342 g/mol. The van der Waals surface area contributed by atoms with Crippen LogP contribution in [0.4, 0.5) is 0 Å². The van der Waals surface area contributed by atoms with Gasteiger partial charge >= 0.3 is 0 Å². The second kappa shape index (κ2) is 7.19. The zero-order valence-corrected chi connectivity index (χ0v) is 15.8. The van der Waals surface area contributed by atoms with E-state index in [1.807, 2.05) is 9.80 Å². The van der Waals surface area contributed by atoms with Gasteiger partial charge in [-0.25, -0.2) is 0 Å². The minimum Gasteiger partial charge on any atom is -0.339 e. The van der Waals surface area contributed by atoms with Crippen LogP contribution in [0, 0.1) is 5.92 Å². The third-order valence-electron chi connectivity index (χ3n) is 5.32. The molecule has 1 heterocycles. The van der Waals surface area contributed by atoms with E-state index >= 15 is 0 Å². The Hall–Kier alpha value is -1.84. The van der Waals surface area contributed by atoms with Crippen LogP contribution in [0.1, 0.15) is 51.2 Å². The highest BCUT2D eigenvalue weighted by Gasteiger charge is 2.35. The van der Waals surface area contributed by atoms with E-state index in [-0.39, 0.29) is 17.2 Å². The molecule has 2 amide bonds. The Balaban J connectivity index is 1.44. The fourth-order valence-electron chi connectivity index (χ4n) is 3.35. The summed E-state index contributed by atoms with van der Waals surface area (Å²) in [7, 11) is 0. The molecule has 0 N–H and O–H groups in total. The van der Waals surface area contributed by atoms with Gasteiger partial charge in [0, 0.05) is 38.5 Å². The van der Waals surface area contributed by atoms with Crippen LogP contribution in [0.5, 0.6) is 0 Å². The SMILES string of the molecule is CC(C)(C)c1ccc(CCC(=O)N2CCN(C(=O)C3CC3)CC2)cc1. The maximum Gasteiger partial charge on any atom is 0.225 e. The molecule has 1 saturated heterocycles. The molecule has 0 radical (unpaired) electrons. The smallest absolute Gasteiger partial charge is 0.225 e. The Morgan fingerprint density at radius 2 is 1.52 bits per heavy atom. The van der Waals surface area contributed by atoms with Gasteiger partial charge in [0.2, 0.25) is 11.8 Å². The molecule has 0 atom stereocenters. The summed E-state index contributed by atoms with van der Waals surface area (Å²) in [6, 6.07) is 8.62. The summed E-state index contributed by atoms with van der Waals surface area (Å²) in [5.74, 6) is 0.780. The number of amides is 2. The van der Waals surface area contributed by atoms with E-state index in [0.717, 1.165) is 19.3 Å². The molecular weight excluding hydrogens is 312 g/mol. The fourth-order valence-corrected chi connectivity index (χ4v) is 3.35. The lowest BCUT2D eigenvalue weighted by Crippen LogP contribution is -2.51. The normalized spacial score (nSPS) is 18.4. The number of benzene rings is 1. The molecule has 4 heteroatoms. The average molecular weight is 342 g/mol. The molecule has 0 unspecified atom stereocenters. The molecule has 3 rings (SSSR count). The van der Waals surface area contributed by atoms with Crippen molar-refractivity contribution in [2.45, 2.75) is 51.9 Å². The van der Waals surface area contributed by atoms with Crippen LogP contribution < -0.4 is 0 Å². The summed E-state index contributed by atoms with van der Waals surface area (Å²) >= 11 is 0. The highest BCUT2D eigenvalue weighted by Crippen LogP contribution is 2.31. The number of rotatable bonds is 4. The molecule has 1 saturated carbocycles. The molecule has 1 aliphatic carbocycles. The van der Waals surface area contributed by atoms with Crippen LogP contribution in [-0.4, -0.2) is 47.8 Å². The second-order valence-electron chi connectivity index (χ2n) is 8.43. The summed E-state index contributed by atoms with van der Waals surface area (Å²) in [5, 5.41) is 0. The van der Waals surface area contributed by atoms with Crippen molar-refractivity contribution >= 4 is 11.8 Å². The maximum absolute atomic E-state index is 12.4. The molecular formula is C21H30N2O2. The molecule has 1 aromatic rings. The third kappa shape index (κ3) is 4.62. The highest BCUT2D eigenvalue weighted by molar-refractivity contribution is 5.82. The van der Waals surface area contributed by atoms with E-state index < -0.39 is 0 Å². The molecule has 2 aliphatic rings. The molecule has 0 aromatic heterocycles. The standard InChI is InChI=1S/C21H30N2O2/c1-21(2,3)18-9-4-16(5-10-18)6-11-19(24)22-12-14-23(15-13-22)20(25)17-7-8-17/h4-5,9-10,17H,6-8,11-15H2,1-3H3. The van der Waals surface area contributed by atoms with Crippen LogP contribution in [0.15, 0.2) is 24.3 Å². The van der Waals surface area contributed by atoms with Crippen LogP contribution in [0.3, 0.4) is 0 Å². The number of carbonyl (C=O) groups excluding carboxylic acids is 2. The Bertz CT molecular complexity index is 618. The van der Waals surface area contributed by atoms with Crippen molar-refractivity contribution in [1.29, 1.82) is 0 Å². The van der Waals surface area contributed by atoms with Crippen molar-refractivity contribution in [2.24, 2.45) is 5.92 Å². The number of hydrogen-bond acceptors (Lipinski definition) is 2. The van der Waals surface area contributed by atoms with Gasteiger partial charge in [0.25, 0.3) is 0 Å². The van der Waals surface area contributed by atoms with Crippen LogP contribution in [0.25, 0.3) is 0 Å². The van der Waals surface area contributed by atoms with Crippen molar-refractivity contribution in [2.75, 3.05) is 26.2 Å². The molecule has 0 bridgehead atoms. The second-order valence-corrected chi connectivity index (χ2v) is 8.43. The fraction of sp³-hybridized carbons (Fsp3) is 0.619. The lowest BCUT2D eigenvalue weighted by molar-refractivity contribution is -0.140. The van der Waals surface area contributed by atoms with Crippen molar-refractivity contribution in [3.8, 4) is 0 Å². The lowest BCUT2D eigenvalue weighted by atomic mass is 9.86. The van der Waals surface area contributed by atoms with E-state index in [1.165, 1.54) is 11.1 Å². The predicted molar refractivity (Wildman–Crippen MR) is 99.3 cm³/mol. The summed E-state index contributed by atoms with van der Waals surface area (Å²) in [5.41, 5.74) is 2.69. The number of piperazine rings is 1. The summed E-state index contributed by atoms with van der Waals surface area (Å²) in [6.07, 6.45) is 3.42. The lowest BCUT2D eigenvalue weighted by Gasteiger charge is -2.35. The molecule has 136 valence electrons.